The van der Waals surface area contributed by atoms with Crippen molar-refractivity contribution in [3.8, 4) is 11.3 Å². The van der Waals surface area contributed by atoms with Crippen molar-refractivity contribution >= 4 is 48.1 Å². The van der Waals surface area contributed by atoms with Crippen molar-refractivity contribution in [3.05, 3.63) is 63.9 Å². The summed E-state index contributed by atoms with van der Waals surface area (Å²) in [6.45, 7) is 0.706. The van der Waals surface area contributed by atoms with Gasteiger partial charge in [-0.2, -0.15) is 0 Å². The van der Waals surface area contributed by atoms with Crippen molar-refractivity contribution in [2.24, 2.45) is 0 Å². The second-order valence-corrected chi connectivity index (χ2v) is 8.99. The first kappa shape index (κ1) is 17.9. The lowest BCUT2D eigenvalue weighted by atomic mass is 10.1. The second kappa shape index (κ2) is 7.55. The summed E-state index contributed by atoms with van der Waals surface area (Å²) in [5, 5.41) is 6.13. The van der Waals surface area contributed by atoms with Crippen molar-refractivity contribution in [3.63, 3.8) is 0 Å². The summed E-state index contributed by atoms with van der Waals surface area (Å²) in [6.07, 6.45) is 1.13. The Morgan fingerprint density at radius 1 is 1.08 bits per heavy atom. The maximum Gasteiger partial charge on any atom is 0.229 e. The number of hydrogen-bond donors (Lipinski definition) is 2. The third-order valence-corrected chi connectivity index (χ3v) is 5.28. The average Bonchev–Trinajstić information content (AvgIpc) is 3.02. The molecule has 0 aliphatic carbocycles. The van der Waals surface area contributed by atoms with Crippen LogP contribution in [0.1, 0.15) is 5.56 Å². The van der Waals surface area contributed by atoms with Crippen LogP contribution in [0, 0.1) is 0 Å². The smallest absolute Gasteiger partial charge is 0.229 e. The number of rotatable bonds is 6. The van der Waals surface area contributed by atoms with E-state index in [0.717, 1.165) is 27.1 Å². The van der Waals surface area contributed by atoms with E-state index in [9.17, 15) is 8.42 Å². The molecule has 0 aliphatic heterocycles. The topological polar surface area (TPSA) is 71.1 Å². The number of hydrogen-bond acceptors (Lipinski definition) is 5. The van der Waals surface area contributed by atoms with Gasteiger partial charge in [-0.15, -0.1) is 11.3 Å². The lowest BCUT2D eigenvalue weighted by molar-refractivity contribution is 0.607. The van der Waals surface area contributed by atoms with Crippen LogP contribution in [0.3, 0.4) is 0 Å². The van der Waals surface area contributed by atoms with Crippen molar-refractivity contribution < 1.29 is 8.42 Å². The summed E-state index contributed by atoms with van der Waals surface area (Å²) in [5.74, 6) is 0. The molecule has 0 atom stereocenters. The highest BCUT2D eigenvalue weighted by Gasteiger charge is 2.06. The number of thiazole rings is 1. The molecule has 8 heteroatoms. The van der Waals surface area contributed by atoms with Gasteiger partial charge in [0.15, 0.2) is 5.13 Å². The molecule has 2 aromatic carbocycles. The number of benzene rings is 2. The first-order valence-corrected chi connectivity index (χ1v) is 11.0. The van der Waals surface area contributed by atoms with Crippen molar-refractivity contribution in [1.82, 2.24) is 4.98 Å². The molecular weight excluding hydrogens is 422 g/mol. The maximum absolute atomic E-state index is 11.2. The Kier molecular flexibility index (Phi) is 5.41. The number of halogens is 1. The summed E-state index contributed by atoms with van der Waals surface area (Å²) >= 11 is 4.96. The van der Waals surface area contributed by atoms with E-state index in [4.69, 9.17) is 0 Å². The Bertz CT molecular complexity index is 952. The summed E-state index contributed by atoms with van der Waals surface area (Å²) in [4.78, 5) is 4.58. The lowest BCUT2D eigenvalue weighted by Crippen LogP contribution is -2.09. The molecule has 0 aliphatic rings. The molecule has 130 valence electrons. The van der Waals surface area contributed by atoms with Crippen LogP contribution >= 0.6 is 27.3 Å². The summed E-state index contributed by atoms with van der Waals surface area (Å²) in [5.41, 5.74) is 3.51. The van der Waals surface area contributed by atoms with Crippen LogP contribution in [0.5, 0.6) is 0 Å². The molecule has 0 radical (unpaired) electrons. The third-order valence-electron chi connectivity index (χ3n) is 3.35. The van der Waals surface area contributed by atoms with Gasteiger partial charge < -0.3 is 5.32 Å². The van der Waals surface area contributed by atoms with E-state index in [1.165, 1.54) is 16.9 Å². The zero-order valence-electron chi connectivity index (χ0n) is 13.4. The van der Waals surface area contributed by atoms with Crippen LogP contribution in [-0.4, -0.2) is 19.7 Å². The molecule has 0 spiro atoms. The Labute approximate surface area is 159 Å². The predicted molar refractivity (Wildman–Crippen MR) is 107 cm³/mol. The molecule has 5 nitrogen and oxygen atoms in total. The molecule has 1 aromatic heterocycles. The fourth-order valence-corrected chi connectivity index (χ4v) is 3.74. The zero-order valence-corrected chi connectivity index (χ0v) is 16.6. The predicted octanol–water partition coefficient (Wildman–Crippen LogP) is 4.56. The van der Waals surface area contributed by atoms with Gasteiger partial charge in [0.1, 0.15) is 0 Å². The zero-order chi connectivity index (χ0) is 17.9. The number of anilines is 2. The molecule has 0 unspecified atom stereocenters. The number of nitrogens with one attached hydrogen (secondary N) is 2. The first-order valence-electron chi connectivity index (χ1n) is 7.41. The normalized spacial score (nSPS) is 11.3. The van der Waals surface area contributed by atoms with Crippen LogP contribution in [0.2, 0.25) is 0 Å². The van der Waals surface area contributed by atoms with E-state index in [1.807, 2.05) is 29.6 Å². The number of aromatic nitrogens is 1. The van der Waals surface area contributed by atoms with E-state index in [1.54, 1.807) is 12.1 Å². The molecule has 2 N–H and O–H groups in total. The molecule has 0 saturated heterocycles. The Morgan fingerprint density at radius 3 is 2.40 bits per heavy atom. The monoisotopic (exact) mass is 437 g/mol. The quantitative estimate of drug-likeness (QED) is 0.592. The standard InChI is InChI=1S/C17H16BrN3O2S2/c1-25(22,23)21-15-8-4-13(5-9-15)16-11-24-17(20-16)19-10-12-2-6-14(18)7-3-12/h2-9,11,21H,10H2,1H3,(H,19,20). The molecule has 0 amide bonds. The molecule has 1 heterocycles. The first-order chi connectivity index (χ1) is 11.9. The second-order valence-electron chi connectivity index (χ2n) is 5.47. The minimum atomic E-state index is -3.26. The minimum absolute atomic E-state index is 0.537. The highest BCUT2D eigenvalue weighted by atomic mass is 79.9. The van der Waals surface area contributed by atoms with Gasteiger partial charge >= 0.3 is 0 Å². The van der Waals surface area contributed by atoms with Crippen LogP contribution in [0.25, 0.3) is 11.3 Å². The molecule has 25 heavy (non-hydrogen) atoms. The van der Waals surface area contributed by atoms with E-state index >= 15 is 0 Å². The minimum Gasteiger partial charge on any atom is -0.357 e. The van der Waals surface area contributed by atoms with Gasteiger partial charge in [-0.3, -0.25) is 4.72 Å². The van der Waals surface area contributed by atoms with Gasteiger partial charge in [-0.25, -0.2) is 13.4 Å². The van der Waals surface area contributed by atoms with Crippen molar-refractivity contribution in [2.45, 2.75) is 6.54 Å². The summed E-state index contributed by atoms with van der Waals surface area (Å²) in [6, 6.07) is 15.3. The van der Waals surface area contributed by atoms with Crippen molar-refractivity contribution in [2.75, 3.05) is 16.3 Å². The fourth-order valence-electron chi connectivity index (χ4n) is 2.19. The summed E-state index contributed by atoms with van der Waals surface area (Å²) < 4.78 is 26.0. The van der Waals surface area contributed by atoms with Crippen LogP contribution < -0.4 is 10.0 Å². The van der Waals surface area contributed by atoms with E-state index in [0.29, 0.717) is 12.2 Å². The number of sulfonamides is 1. The Morgan fingerprint density at radius 2 is 1.76 bits per heavy atom. The molecular formula is C17H16BrN3O2S2. The van der Waals surface area contributed by atoms with Crippen LogP contribution in [0.15, 0.2) is 58.4 Å². The van der Waals surface area contributed by atoms with Gasteiger partial charge in [0.2, 0.25) is 10.0 Å². The average molecular weight is 438 g/mol. The van der Waals surface area contributed by atoms with Crippen LogP contribution in [-0.2, 0) is 16.6 Å². The molecule has 0 bridgehead atoms. The van der Waals surface area contributed by atoms with Gasteiger partial charge in [0.25, 0.3) is 0 Å². The van der Waals surface area contributed by atoms with E-state index in [2.05, 4.69) is 43.1 Å². The fraction of sp³-hybridized carbons (Fsp3) is 0.118. The van der Waals surface area contributed by atoms with Gasteiger partial charge in [0.05, 0.1) is 11.9 Å². The third kappa shape index (κ3) is 5.29. The van der Waals surface area contributed by atoms with E-state index < -0.39 is 10.0 Å². The van der Waals surface area contributed by atoms with E-state index in [-0.39, 0.29) is 0 Å². The summed E-state index contributed by atoms with van der Waals surface area (Å²) in [7, 11) is -3.26. The van der Waals surface area contributed by atoms with Crippen LogP contribution in [0.4, 0.5) is 10.8 Å². The van der Waals surface area contributed by atoms with Gasteiger partial charge in [-0.1, -0.05) is 40.2 Å². The highest BCUT2D eigenvalue weighted by Crippen LogP contribution is 2.26. The lowest BCUT2D eigenvalue weighted by Gasteiger charge is -2.04. The maximum atomic E-state index is 11.2. The molecule has 3 rings (SSSR count). The Balaban J connectivity index is 1.65. The largest absolute Gasteiger partial charge is 0.357 e. The van der Waals surface area contributed by atoms with Gasteiger partial charge in [-0.05, 0) is 29.8 Å². The molecule has 3 aromatic rings. The highest BCUT2D eigenvalue weighted by molar-refractivity contribution is 9.10. The Hall–Kier alpha value is -1.90. The molecule has 0 fully saturated rings. The number of nitrogens with zero attached hydrogens (tertiary/aromatic N) is 1. The SMILES string of the molecule is CS(=O)(=O)Nc1ccc(-c2csc(NCc3ccc(Br)cc3)n2)cc1. The van der Waals surface area contributed by atoms with Crippen molar-refractivity contribution in [1.29, 1.82) is 0 Å². The molecule has 0 saturated carbocycles. The van der Waals surface area contributed by atoms with Gasteiger partial charge in [0, 0.05) is 27.6 Å².